The number of likely N-dealkylation sites (N-methyl/N-ethyl adjacent to an activating group) is 1. The lowest BCUT2D eigenvalue weighted by atomic mass is 9.91. The first-order chi connectivity index (χ1) is 63.6. The molecule has 0 amide bonds. The Balaban J connectivity index is 0.000000132. The molecule has 33 nitrogen and oxygen atoms in total. The van der Waals surface area contributed by atoms with Gasteiger partial charge >= 0.3 is 0 Å². The number of hydrogen-bond donors (Lipinski definition) is 1. The molecule has 8 aromatic rings. The molecule has 754 valence electrons. The number of nitrogens with zero attached hydrogens (tertiary/aromatic N) is 29. The van der Waals surface area contributed by atoms with Crippen molar-refractivity contribution in [3.8, 4) is 0 Å². The number of aliphatic hydroxyl groups is 1. The number of quaternary nitrogens is 1. The van der Waals surface area contributed by atoms with E-state index < -0.39 is 0 Å². The molecule has 10 atom stereocenters. The predicted molar refractivity (Wildman–Crippen MR) is 529 cm³/mol. The summed E-state index contributed by atoms with van der Waals surface area (Å²) in [5.41, 5.74) is 9.50. The molecule has 0 radical (unpaired) electrons. The van der Waals surface area contributed by atoms with Crippen molar-refractivity contribution in [3.63, 3.8) is 0 Å². The van der Waals surface area contributed by atoms with Crippen molar-refractivity contribution in [2.75, 3.05) is 125 Å². The van der Waals surface area contributed by atoms with Crippen molar-refractivity contribution in [1.29, 1.82) is 0 Å². The molecule has 7 saturated heterocycles. The van der Waals surface area contributed by atoms with Crippen molar-refractivity contribution in [2.45, 2.75) is 393 Å². The monoisotopic (exact) mass is 1870 g/mol. The smallest absolute Gasteiger partial charge is 0.0984 e. The largest absolute Gasteiger partial charge is 0.391 e. The van der Waals surface area contributed by atoms with Gasteiger partial charge in [0.05, 0.1) is 185 Å². The summed E-state index contributed by atoms with van der Waals surface area (Å²) in [4.78, 5) is 10.3. The Labute approximate surface area is 809 Å². The fourth-order valence-electron chi connectivity index (χ4n) is 20.5. The SMILES string of the molecule is CC(C)(C)c1cn(C2C3CN(C4COC4)CC32)nn1.CC(C)(C)c1cn(C2CCCC2)nn1.CC(C)(C)c1cn(C2CCCC[C@H]2O)nn1.CC(C)(C)c1cn(C2[C@H]3CCC[C@@H]23)nn1.CC(C)(C)c1cn(C2[C@H]3CN(C4COC4)C[C@@H]23)nn1.CC(C)(C)c1cn(CC2(N3CCCC3)COC2)nn1.CC(C)(C)c1cn(CCN2CCCC2)nn1.CC[N+](C)(CC)CCn1cc(C(C)(C)C)nn1.[HH]. The van der Waals surface area contributed by atoms with Crippen LogP contribution in [-0.2, 0) is 77.2 Å². The quantitative estimate of drug-likeness (QED) is 0.0780. The van der Waals surface area contributed by atoms with Crippen LogP contribution in [0.4, 0.5) is 0 Å². The molecule has 15 heterocycles. The van der Waals surface area contributed by atoms with Crippen LogP contribution in [0.5, 0.6) is 0 Å². The first-order valence-electron chi connectivity index (χ1n) is 52.1. The Morgan fingerprint density at radius 1 is 0.341 bits per heavy atom. The zero-order valence-electron chi connectivity index (χ0n) is 88.3. The molecule has 13 aliphatic rings. The second kappa shape index (κ2) is 42.3. The number of aliphatic hydroxyl groups excluding tert-OH is 1. The molecule has 33 heteroatoms. The second-order valence-corrected chi connectivity index (χ2v) is 50.4. The van der Waals surface area contributed by atoms with E-state index in [2.05, 4.69) is 351 Å². The normalized spacial score (nSPS) is 26.0. The van der Waals surface area contributed by atoms with E-state index in [1.807, 2.05) is 24.9 Å². The highest BCUT2D eigenvalue weighted by atomic mass is 16.5. The van der Waals surface area contributed by atoms with Gasteiger partial charge in [0.25, 0.3) is 0 Å². The summed E-state index contributed by atoms with van der Waals surface area (Å²) >= 11 is 0. The fourth-order valence-corrected chi connectivity index (χ4v) is 20.5. The minimum Gasteiger partial charge on any atom is -0.391 e. The molecule has 0 spiro atoms. The summed E-state index contributed by atoms with van der Waals surface area (Å²) < 4.78 is 33.4. The van der Waals surface area contributed by atoms with Crippen LogP contribution in [0.1, 0.15) is 354 Å². The molecule has 13 fully saturated rings. The lowest BCUT2D eigenvalue weighted by Gasteiger charge is -2.47. The van der Waals surface area contributed by atoms with Crippen molar-refractivity contribution in [2.24, 2.45) is 35.5 Å². The first-order valence-corrected chi connectivity index (χ1v) is 52.1. The van der Waals surface area contributed by atoms with Crippen molar-refractivity contribution < 1.29 is 25.2 Å². The fraction of sp³-hybridized carbons (Fsp3) is 0.843. The van der Waals surface area contributed by atoms with Gasteiger partial charge in [0.2, 0.25) is 0 Å². The zero-order valence-corrected chi connectivity index (χ0v) is 88.3. The second-order valence-electron chi connectivity index (χ2n) is 50.4. The lowest BCUT2D eigenvalue weighted by Crippen LogP contribution is -2.63. The van der Waals surface area contributed by atoms with E-state index in [-0.39, 0.29) is 62.4 Å². The third-order valence-electron chi connectivity index (χ3n) is 31.2. The molecule has 8 aromatic heterocycles. The van der Waals surface area contributed by atoms with Gasteiger partial charge in [0.15, 0.2) is 0 Å². The molecular weight excluding hydrogens is 1700 g/mol. The maximum Gasteiger partial charge on any atom is 0.0984 e. The molecule has 0 bridgehead atoms. The molecule has 6 aliphatic carbocycles. The standard InChI is InChI=1S/2C14H22N4O.C14H24N4O.C13H27N4.C12H22N4.C12H21N3O.C12H19N3.C11H19N3.H2/c2*1-14(2,3)12-6-18(16-15-12)13-10-4-17(5-11(10)13)9-7-19-8-9;1-13(2,3)12-8-18(16-15-12)9-14(10-19-11-14)17-6-4-5-7-17;1-7-17(6,8-2)10-9-16-11-12(14-15-16)13(3,4)5;1-12(2,3)11-10-16(14-13-11)9-8-15-6-4-5-7-15;1-12(2,3)11-8-15(14-13-11)9-6-4-5-7-10(9)16;1-12(2,3)10-7-15(14-13-10)11-8-5-4-6-9(8)11;1-11(2,3)10-8-14(13-12-10)9-6-4-5-7-9;/h2*6,9-11,13H,4-5,7-8H2,1-3H3;8H,4-7,9-11H2,1-3H3;11H,7-10H2,1-6H3;10H,4-9H2,1-3H3;8-10,16H,4-7H2,1-3H3;7-9,11H,4-6H2,1-3H3;8-9H,4-7H2,1-3H3;1H/q;;;+1;;;;;/t10-,11+,13?;;;;;9?,10-;8-,9+,11?;;/m.....1.../s1. The van der Waals surface area contributed by atoms with Gasteiger partial charge in [-0.1, -0.05) is 240 Å². The van der Waals surface area contributed by atoms with E-state index in [9.17, 15) is 5.11 Å². The topological polar surface area (TPSA) is 307 Å². The molecule has 6 saturated carbocycles. The third kappa shape index (κ3) is 26.5. The number of rotatable bonds is 18. The van der Waals surface area contributed by atoms with Gasteiger partial charge in [-0.25, -0.2) is 28.1 Å². The molecule has 135 heavy (non-hydrogen) atoms. The molecule has 5 unspecified atom stereocenters. The maximum absolute atomic E-state index is 9.95. The first kappa shape index (κ1) is 104. The van der Waals surface area contributed by atoms with Gasteiger partial charge in [0, 0.05) is 151 Å². The molecule has 0 aromatic carbocycles. The van der Waals surface area contributed by atoms with Crippen LogP contribution in [0.15, 0.2) is 49.6 Å². The van der Waals surface area contributed by atoms with Crippen molar-refractivity contribution in [3.05, 3.63) is 95.1 Å². The van der Waals surface area contributed by atoms with E-state index >= 15 is 0 Å². The molecule has 7 aliphatic heterocycles. The van der Waals surface area contributed by atoms with Crippen LogP contribution in [-0.4, -0.2) is 298 Å². The maximum atomic E-state index is 9.95. The Morgan fingerprint density at radius 3 is 1.02 bits per heavy atom. The van der Waals surface area contributed by atoms with Crippen LogP contribution in [0.3, 0.4) is 0 Å². The summed E-state index contributed by atoms with van der Waals surface area (Å²) in [6.45, 7) is 79.1. The summed E-state index contributed by atoms with van der Waals surface area (Å²) in [6.07, 6.45) is 35.5. The van der Waals surface area contributed by atoms with Crippen molar-refractivity contribution >= 4 is 0 Å². The van der Waals surface area contributed by atoms with Gasteiger partial charge in [-0.15, -0.1) is 40.8 Å². The third-order valence-corrected chi connectivity index (χ3v) is 31.2. The highest BCUT2D eigenvalue weighted by molar-refractivity contribution is 5.18. The average molecular weight is 1870 g/mol. The summed E-state index contributed by atoms with van der Waals surface area (Å²) in [7, 11) is 2.29. The van der Waals surface area contributed by atoms with E-state index in [0.717, 1.165) is 190 Å². The Kier molecular flexibility index (Phi) is 32.4. The van der Waals surface area contributed by atoms with E-state index in [1.54, 1.807) is 0 Å². The van der Waals surface area contributed by atoms with E-state index in [0.29, 0.717) is 36.3 Å². The Bertz CT molecular complexity index is 4840. The van der Waals surface area contributed by atoms with Crippen LogP contribution in [0.25, 0.3) is 0 Å². The Hall–Kier alpha value is -7.24. The molecule has 1 N–H and O–H groups in total. The highest BCUT2D eigenvalue weighted by Crippen LogP contribution is 2.61. The molecular formula is C102H178N29O4+. The highest BCUT2D eigenvalue weighted by Gasteiger charge is 2.61. The zero-order chi connectivity index (χ0) is 97.2. The average Bonchev–Trinajstić information content (AvgIpc) is 1.56. The van der Waals surface area contributed by atoms with Crippen LogP contribution in [0.2, 0.25) is 0 Å². The summed E-state index contributed by atoms with van der Waals surface area (Å²) in [5, 5.41) is 78.2. The number of aromatic nitrogens is 24. The van der Waals surface area contributed by atoms with Gasteiger partial charge in [-0.05, 0) is 116 Å². The predicted octanol–water partition coefficient (Wildman–Crippen LogP) is 14.9. The number of fused-ring (bicyclic) bond motifs is 3. The van der Waals surface area contributed by atoms with Gasteiger partial charge in [0.1, 0.15) is 0 Å². The minimum absolute atomic E-state index is 0. The van der Waals surface area contributed by atoms with E-state index in [4.69, 9.17) is 14.2 Å². The number of piperidine rings is 2. The van der Waals surface area contributed by atoms with Gasteiger partial charge in [-0.2, -0.15) is 0 Å². The number of hydrogen-bond acceptors (Lipinski definition) is 24. The van der Waals surface area contributed by atoms with Gasteiger partial charge in [-0.3, -0.25) is 24.1 Å². The number of ether oxygens (including phenoxy) is 3. The van der Waals surface area contributed by atoms with Crippen LogP contribution in [0, 0.1) is 35.5 Å². The van der Waals surface area contributed by atoms with E-state index in [1.165, 1.54) is 129 Å². The van der Waals surface area contributed by atoms with Crippen LogP contribution >= 0.6 is 0 Å². The van der Waals surface area contributed by atoms with Crippen LogP contribution < -0.4 is 0 Å². The Morgan fingerprint density at radius 2 is 0.667 bits per heavy atom. The van der Waals surface area contributed by atoms with Gasteiger partial charge < -0.3 is 28.7 Å². The minimum atomic E-state index is -0.261. The summed E-state index contributed by atoms with van der Waals surface area (Å²) in [5.74, 6) is 4.98. The van der Waals surface area contributed by atoms with Crippen molar-refractivity contribution in [1.82, 2.24) is 140 Å². The molecule has 21 rings (SSSR count). The lowest BCUT2D eigenvalue weighted by molar-refractivity contribution is -0.906. The summed E-state index contributed by atoms with van der Waals surface area (Å²) in [6, 6.07) is 3.99. The number of likely N-dealkylation sites (tertiary alicyclic amines) is 4.